The number of pyridine rings is 1. The summed E-state index contributed by atoms with van der Waals surface area (Å²) in [6, 6.07) is 17.9. The smallest absolute Gasteiger partial charge is 0.255 e. The van der Waals surface area contributed by atoms with Crippen molar-refractivity contribution in [1.29, 1.82) is 0 Å². The van der Waals surface area contributed by atoms with Crippen molar-refractivity contribution < 1.29 is 17.9 Å². The molecule has 4 heterocycles. The molecular formula is C34H38N6O4S. The summed E-state index contributed by atoms with van der Waals surface area (Å²) < 4.78 is 35.8. The third-order valence-electron chi connectivity index (χ3n) is 8.95. The third kappa shape index (κ3) is 5.78. The number of benzene rings is 2. The number of anilines is 1. The fraction of sp³-hybridized carbons (Fsp3) is 0.353. The van der Waals surface area contributed by atoms with E-state index in [4.69, 9.17) is 15.6 Å². The highest BCUT2D eigenvalue weighted by molar-refractivity contribution is 7.92. The van der Waals surface area contributed by atoms with Gasteiger partial charge in [-0.2, -0.15) is 5.10 Å². The van der Waals surface area contributed by atoms with Gasteiger partial charge >= 0.3 is 0 Å². The molecule has 0 radical (unpaired) electrons. The summed E-state index contributed by atoms with van der Waals surface area (Å²) in [6.45, 7) is 4.19. The van der Waals surface area contributed by atoms with Crippen LogP contribution in [0.3, 0.4) is 0 Å². The average Bonchev–Trinajstić information content (AvgIpc) is 3.69. The van der Waals surface area contributed by atoms with Crippen LogP contribution in [-0.4, -0.2) is 65.9 Å². The van der Waals surface area contributed by atoms with Gasteiger partial charge in [-0.15, -0.1) is 0 Å². The maximum absolute atomic E-state index is 13.5. The molecule has 11 heteroatoms. The number of amides is 1. The zero-order valence-corrected chi connectivity index (χ0v) is 26.6. The second-order valence-corrected chi connectivity index (χ2v) is 14.3. The number of carbonyl (C=O) groups excluding carboxylic acids is 1. The van der Waals surface area contributed by atoms with Crippen LogP contribution < -0.4 is 15.2 Å². The monoisotopic (exact) mass is 626 g/mol. The number of methoxy groups -OCH3 is 1. The Hall–Kier alpha value is -4.35. The number of nitrogens with two attached hydrogens (primary N) is 1. The number of rotatable bonds is 8. The van der Waals surface area contributed by atoms with E-state index in [0.29, 0.717) is 36.0 Å². The Morgan fingerprint density at radius 2 is 1.82 bits per heavy atom. The van der Waals surface area contributed by atoms with Gasteiger partial charge in [0, 0.05) is 54.0 Å². The Morgan fingerprint density at radius 3 is 2.51 bits per heavy atom. The van der Waals surface area contributed by atoms with Crippen LogP contribution in [0, 0.1) is 12.8 Å². The van der Waals surface area contributed by atoms with E-state index in [-0.39, 0.29) is 11.9 Å². The summed E-state index contributed by atoms with van der Waals surface area (Å²) in [7, 11) is -1.72. The molecule has 1 aliphatic carbocycles. The fourth-order valence-corrected chi connectivity index (χ4v) is 7.07. The van der Waals surface area contributed by atoms with Gasteiger partial charge in [-0.05, 0) is 80.0 Å². The number of sulfonamides is 1. The summed E-state index contributed by atoms with van der Waals surface area (Å²) in [5, 5.41) is 6.18. The highest BCUT2D eigenvalue weighted by atomic mass is 32.2. The zero-order valence-electron chi connectivity index (χ0n) is 25.8. The maximum atomic E-state index is 13.5. The molecule has 5 aromatic rings. The van der Waals surface area contributed by atoms with E-state index in [1.165, 1.54) is 12.8 Å². The predicted molar refractivity (Wildman–Crippen MR) is 177 cm³/mol. The Balaban J connectivity index is 1.30. The molecule has 2 fully saturated rings. The molecule has 2 aliphatic rings. The van der Waals surface area contributed by atoms with Gasteiger partial charge in [-0.25, -0.2) is 12.9 Å². The van der Waals surface area contributed by atoms with Gasteiger partial charge in [0.1, 0.15) is 17.0 Å². The number of nitrogens with zero attached hydrogens (tertiary/aromatic N) is 4. The molecule has 0 spiro atoms. The molecule has 1 aliphatic heterocycles. The second-order valence-electron chi connectivity index (χ2n) is 12.5. The molecule has 10 nitrogen and oxygen atoms in total. The molecule has 3 N–H and O–H groups in total. The van der Waals surface area contributed by atoms with Crippen molar-refractivity contribution in [1.82, 2.24) is 19.1 Å². The number of nitrogens with one attached hydrogen (secondary N) is 1. The van der Waals surface area contributed by atoms with Crippen LogP contribution in [0.2, 0.25) is 0 Å². The first-order valence-electron chi connectivity index (χ1n) is 15.4. The first-order valence-corrected chi connectivity index (χ1v) is 17.3. The Labute approximate surface area is 262 Å². The van der Waals surface area contributed by atoms with E-state index in [1.807, 2.05) is 29.3 Å². The summed E-state index contributed by atoms with van der Waals surface area (Å²) in [5.74, 6) is 1.17. The molecule has 1 saturated carbocycles. The lowest BCUT2D eigenvalue weighted by Crippen LogP contribution is -2.45. The molecular weight excluding hydrogens is 588 g/mol. The van der Waals surface area contributed by atoms with E-state index in [0.717, 1.165) is 70.1 Å². The summed E-state index contributed by atoms with van der Waals surface area (Å²) in [4.78, 5) is 15.3. The summed E-state index contributed by atoms with van der Waals surface area (Å²) in [6.07, 6.45) is 7.20. The predicted octanol–water partition coefficient (Wildman–Crippen LogP) is 5.28. The molecule has 0 bridgehead atoms. The number of likely N-dealkylation sites (tertiary alicyclic amines) is 1. The standard InChI is InChI=1S/C34H38N6O4S/c1-21-32(36-40-19-26(17-31(44-2)33(21)40)34(41)38-14-4-5-27(35)20-38)30-16-25-9-8-24(15-29(25)39(30)18-22-6-7-22)23-10-12-28(13-11-23)37-45(3,42)43/h8-13,15-17,19,22,27,37H,4-7,14,18,20,35H2,1-3H3/t27-/m1/s1. The number of aromatic nitrogens is 3. The van der Waals surface area contributed by atoms with Gasteiger partial charge in [-0.3, -0.25) is 9.52 Å². The van der Waals surface area contributed by atoms with Crippen LogP contribution in [0.1, 0.15) is 41.6 Å². The van der Waals surface area contributed by atoms with E-state index >= 15 is 0 Å². The van der Waals surface area contributed by atoms with E-state index in [2.05, 4.69) is 40.5 Å². The number of ether oxygens (including phenoxy) is 1. The SMILES string of the molecule is COc1cc(C(=O)N2CCC[C@@H](N)C2)cn2nc(-c3cc4ccc(-c5ccc(NS(C)(=O)=O)cc5)cc4n3CC3CC3)c(C)c12. The first kappa shape index (κ1) is 29.4. The van der Waals surface area contributed by atoms with Crippen molar-refractivity contribution >= 4 is 38.0 Å². The van der Waals surface area contributed by atoms with Gasteiger partial charge in [0.2, 0.25) is 10.0 Å². The quantitative estimate of drug-likeness (QED) is 0.241. The molecule has 0 unspecified atom stereocenters. The maximum Gasteiger partial charge on any atom is 0.255 e. The number of carbonyl (C=O) groups is 1. The molecule has 1 amide bonds. The minimum absolute atomic E-state index is 0.00275. The van der Waals surface area contributed by atoms with Crippen LogP contribution in [0.15, 0.2) is 60.8 Å². The van der Waals surface area contributed by atoms with Crippen molar-refractivity contribution in [3.05, 3.63) is 71.9 Å². The van der Waals surface area contributed by atoms with Crippen LogP contribution >= 0.6 is 0 Å². The fourth-order valence-electron chi connectivity index (χ4n) is 6.51. The van der Waals surface area contributed by atoms with Gasteiger partial charge in [0.05, 0.1) is 24.6 Å². The third-order valence-corrected chi connectivity index (χ3v) is 9.55. The second kappa shape index (κ2) is 11.2. The normalized spacial score (nSPS) is 17.2. The van der Waals surface area contributed by atoms with Crippen molar-refractivity contribution in [2.24, 2.45) is 11.7 Å². The van der Waals surface area contributed by atoms with Crippen molar-refractivity contribution in [3.63, 3.8) is 0 Å². The van der Waals surface area contributed by atoms with Crippen molar-refractivity contribution in [3.8, 4) is 28.3 Å². The lowest BCUT2D eigenvalue weighted by Gasteiger charge is -2.30. The average molecular weight is 627 g/mol. The highest BCUT2D eigenvalue weighted by Gasteiger charge is 2.28. The van der Waals surface area contributed by atoms with Gasteiger partial charge in [-0.1, -0.05) is 24.3 Å². The van der Waals surface area contributed by atoms with E-state index in [1.54, 1.807) is 23.8 Å². The molecule has 234 valence electrons. The van der Waals surface area contributed by atoms with Gasteiger partial charge in [0.15, 0.2) is 0 Å². The topological polar surface area (TPSA) is 124 Å². The van der Waals surface area contributed by atoms with Gasteiger partial charge < -0.3 is 19.9 Å². The summed E-state index contributed by atoms with van der Waals surface area (Å²) in [5.41, 5.74) is 14.1. The lowest BCUT2D eigenvalue weighted by atomic mass is 10.0. The number of hydrogen-bond donors (Lipinski definition) is 2. The van der Waals surface area contributed by atoms with Gasteiger partial charge in [0.25, 0.3) is 5.91 Å². The van der Waals surface area contributed by atoms with E-state index in [9.17, 15) is 13.2 Å². The number of piperidine rings is 1. The Morgan fingerprint density at radius 1 is 1.07 bits per heavy atom. The highest BCUT2D eigenvalue weighted by Crippen LogP contribution is 2.39. The molecule has 7 rings (SSSR count). The number of hydrogen-bond acceptors (Lipinski definition) is 6. The molecule has 45 heavy (non-hydrogen) atoms. The lowest BCUT2D eigenvalue weighted by molar-refractivity contribution is 0.0707. The first-order chi connectivity index (χ1) is 21.6. The van der Waals surface area contributed by atoms with E-state index < -0.39 is 10.0 Å². The van der Waals surface area contributed by atoms with Crippen molar-refractivity contribution in [2.45, 2.75) is 45.2 Å². The zero-order chi connectivity index (χ0) is 31.5. The molecule has 3 aromatic heterocycles. The minimum atomic E-state index is -3.34. The largest absolute Gasteiger partial charge is 0.494 e. The number of fused-ring (bicyclic) bond motifs is 2. The minimum Gasteiger partial charge on any atom is -0.494 e. The Kier molecular flexibility index (Phi) is 7.32. The Bertz CT molecular complexity index is 2040. The molecule has 1 atom stereocenters. The molecule has 2 aromatic carbocycles. The van der Waals surface area contributed by atoms with Crippen LogP contribution in [0.5, 0.6) is 5.75 Å². The van der Waals surface area contributed by atoms with Crippen LogP contribution in [-0.2, 0) is 16.6 Å². The van der Waals surface area contributed by atoms with Crippen LogP contribution in [0.4, 0.5) is 5.69 Å². The summed E-state index contributed by atoms with van der Waals surface area (Å²) >= 11 is 0. The van der Waals surface area contributed by atoms with Crippen LogP contribution in [0.25, 0.3) is 38.9 Å². The van der Waals surface area contributed by atoms with Crippen molar-refractivity contribution in [2.75, 3.05) is 31.2 Å². The molecule has 1 saturated heterocycles. The number of aryl methyl sites for hydroxylation is 1.